The predicted octanol–water partition coefficient (Wildman–Crippen LogP) is 2.29. The molecule has 0 N–H and O–H groups in total. The zero-order chi connectivity index (χ0) is 12.4. The molecule has 0 atom stereocenters. The molecule has 0 amide bonds. The smallest absolute Gasteiger partial charge is 0.266 e. The van der Waals surface area contributed by atoms with Crippen LogP contribution in [0.4, 0.5) is 5.95 Å². The zero-order valence-corrected chi connectivity index (χ0v) is 10.6. The number of hydrogen-bond acceptors (Lipinski definition) is 5. The fraction of sp³-hybridized carbons (Fsp3) is 0.769. The summed E-state index contributed by atoms with van der Waals surface area (Å²) in [6, 6.07) is 0. The Morgan fingerprint density at radius 1 is 1.11 bits per heavy atom. The maximum absolute atomic E-state index is 11.2. The summed E-state index contributed by atoms with van der Waals surface area (Å²) >= 11 is 0. The molecule has 0 spiro atoms. The first kappa shape index (κ1) is 11.7. The van der Waals surface area contributed by atoms with Crippen LogP contribution < -0.4 is 4.90 Å². The molecule has 2 heterocycles. The summed E-state index contributed by atoms with van der Waals surface area (Å²) in [5.74, 6) is 2.11. The second kappa shape index (κ2) is 5.08. The summed E-state index contributed by atoms with van der Waals surface area (Å²) in [5, 5.41) is 4.09. The van der Waals surface area contributed by atoms with E-state index in [4.69, 9.17) is 4.52 Å². The van der Waals surface area contributed by atoms with Crippen molar-refractivity contribution in [3.8, 4) is 0 Å². The van der Waals surface area contributed by atoms with E-state index < -0.39 is 0 Å². The van der Waals surface area contributed by atoms with Gasteiger partial charge in [0.2, 0.25) is 5.89 Å². The van der Waals surface area contributed by atoms with Gasteiger partial charge in [0.05, 0.1) is 0 Å². The maximum atomic E-state index is 11.2. The summed E-state index contributed by atoms with van der Waals surface area (Å²) in [5.41, 5.74) is 0. The van der Waals surface area contributed by atoms with Crippen LogP contribution in [-0.2, 0) is 4.79 Å². The summed E-state index contributed by atoms with van der Waals surface area (Å²) in [6.45, 7) is 2.06. The van der Waals surface area contributed by atoms with Gasteiger partial charge in [0.1, 0.15) is 5.78 Å². The third-order valence-corrected chi connectivity index (χ3v) is 3.96. The lowest BCUT2D eigenvalue weighted by molar-refractivity contribution is -0.120. The van der Waals surface area contributed by atoms with Crippen LogP contribution in [0.25, 0.3) is 0 Å². The molecule has 1 aliphatic carbocycles. The molecule has 1 aromatic rings. The van der Waals surface area contributed by atoms with Gasteiger partial charge in [0.25, 0.3) is 5.95 Å². The first-order chi connectivity index (χ1) is 8.83. The molecular formula is C13H19N3O2. The largest absolute Gasteiger partial charge is 0.338 e. The van der Waals surface area contributed by atoms with Crippen molar-refractivity contribution in [1.29, 1.82) is 0 Å². The van der Waals surface area contributed by atoms with E-state index in [1.807, 2.05) is 0 Å². The van der Waals surface area contributed by atoms with Gasteiger partial charge < -0.3 is 9.42 Å². The second-order valence-electron chi connectivity index (χ2n) is 5.29. The van der Waals surface area contributed by atoms with Crippen molar-refractivity contribution in [1.82, 2.24) is 10.1 Å². The van der Waals surface area contributed by atoms with Crippen molar-refractivity contribution < 1.29 is 9.32 Å². The van der Waals surface area contributed by atoms with Gasteiger partial charge in [-0.2, -0.15) is 4.98 Å². The number of carbonyl (C=O) groups excluding carboxylic acids is 1. The molecule has 2 fully saturated rings. The Bertz CT molecular complexity index is 414. The summed E-state index contributed by atoms with van der Waals surface area (Å²) < 4.78 is 5.38. The number of hydrogen-bond donors (Lipinski definition) is 0. The summed E-state index contributed by atoms with van der Waals surface area (Å²) in [7, 11) is 0. The summed E-state index contributed by atoms with van der Waals surface area (Å²) in [4.78, 5) is 17.9. The number of rotatable bonds is 2. The number of Topliss-reactive ketones (excluding diaryl/α,β-unsaturated/α-hetero) is 1. The van der Waals surface area contributed by atoms with E-state index in [9.17, 15) is 4.79 Å². The molecule has 98 valence electrons. The average Bonchev–Trinajstić information content (AvgIpc) is 2.90. The molecule has 0 radical (unpaired) electrons. The topological polar surface area (TPSA) is 59.2 Å². The lowest BCUT2D eigenvalue weighted by Gasteiger charge is -2.24. The predicted molar refractivity (Wildman–Crippen MR) is 66.6 cm³/mol. The Balaban J connectivity index is 1.67. The fourth-order valence-corrected chi connectivity index (χ4v) is 2.80. The standard InChI is InChI=1S/C13H19N3O2/c17-11-6-4-10(5-7-11)12-14-13(15-18-12)16-8-2-1-3-9-16/h10H,1-9H2. The van der Waals surface area contributed by atoms with Gasteiger partial charge in [-0.3, -0.25) is 4.79 Å². The minimum atomic E-state index is 0.286. The van der Waals surface area contributed by atoms with Gasteiger partial charge >= 0.3 is 0 Å². The van der Waals surface area contributed by atoms with Gasteiger partial charge in [-0.15, -0.1) is 0 Å². The van der Waals surface area contributed by atoms with Crippen molar-refractivity contribution in [2.45, 2.75) is 50.9 Å². The quantitative estimate of drug-likeness (QED) is 0.804. The lowest BCUT2D eigenvalue weighted by atomic mass is 9.88. The van der Waals surface area contributed by atoms with E-state index in [1.165, 1.54) is 19.3 Å². The molecule has 1 saturated heterocycles. The molecule has 2 aliphatic rings. The van der Waals surface area contributed by atoms with E-state index in [-0.39, 0.29) is 5.92 Å². The highest BCUT2D eigenvalue weighted by Crippen LogP contribution is 2.31. The number of anilines is 1. The van der Waals surface area contributed by atoms with Crippen LogP contribution in [0.3, 0.4) is 0 Å². The Morgan fingerprint density at radius 2 is 1.83 bits per heavy atom. The molecule has 5 heteroatoms. The molecule has 0 aromatic carbocycles. The normalized spacial score (nSPS) is 22.4. The van der Waals surface area contributed by atoms with Crippen LogP contribution in [0.2, 0.25) is 0 Å². The number of nitrogens with zero attached hydrogens (tertiary/aromatic N) is 3. The zero-order valence-electron chi connectivity index (χ0n) is 10.6. The van der Waals surface area contributed by atoms with Crippen molar-refractivity contribution in [2.75, 3.05) is 18.0 Å². The number of carbonyl (C=O) groups is 1. The highest BCUT2D eigenvalue weighted by atomic mass is 16.5. The molecule has 1 aliphatic heterocycles. The Labute approximate surface area is 107 Å². The van der Waals surface area contributed by atoms with Gasteiger partial charge in [-0.05, 0) is 37.3 Å². The van der Waals surface area contributed by atoms with E-state index in [0.29, 0.717) is 18.6 Å². The highest BCUT2D eigenvalue weighted by molar-refractivity contribution is 5.79. The van der Waals surface area contributed by atoms with Crippen molar-refractivity contribution >= 4 is 11.7 Å². The van der Waals surface area contributed by atoms with Crippen LogP contribution in [0.15, 0.2) is 4.52 Å². The second-order valence-corrected chi connectivity index (χ2v) is 5.29. The fourth-order valence-electron chi connectivity index (χ4n) is 2.80. The minimum absolute atomic E-state index is 0.286. The Kier molecular flexibility index (Phi) is 3.30. The average molecular weight is 249 g/mol. The Morgan fingerprint density at radius 3 is 2.56 bits per heavy atom. The maximum Gasteiger partial charge on any atom is 0.266 e. The molecule has 1 saturated carbocycles. The van der Waals surface area contributed by atoms with Gasteiger partial charge in [-0.1, -0.05) is 0 Å². The van der Waals surface area contributed by atoms with Crippen LogP contribution in [0.1, 0.15) is 56.8 Å². The Hall–Kier alpha value is -1.39. The third-order valence-electron chi connectivity index (χ3n) is 3.96. The van der Waals surface area contributed by atoms with Gasteiger partial charge in [0.15, 0.2) is 0 Å². The van der Waals surface area contributed by atoms with E-state index in [2.05, 4.69) is 15.0 Å². The van der Waals surface area contributed by atoms with E-state index in [0.717, 1.165) is 37.8 Å². The molecule has 0 unspecified atom stereocenters. The van der Waals surface area contributed by atoms with E-state index in [1.54, 1.807) is 0 Å². The number of ketones is 1. The minimum Gasteiger partial charge on any atom is -0.338 e. The molecule has 1 aromatic heterocycles. The highest BCUT2D eigenvalue weighted by Gasteiger charge is 2.26. The van der Waals surface area contributed by atoms with Crippen molar-refractivity contribution in [3.63, 3.8) is 0 Å². The molecule has 0 bridgehead atoms. The molecule has 5 nitrogen and oxygen atoms in total. The van der Waals surface area contributed by atoms with E-state index >= 15 is 0 Å². The van der Waals surface area contributed by atoms with Crippen LogP contribution in [-0.4, -0.2) is 29.0 Å². The van der Waals surface area contributed by atoms with Crippen LogP contribution in [0, 0.1) is 0 Å². The lowest BCUT2D eigenvalue weighted by Crippen LogP contribution is -2.30. The van der Waals surface area contributed by atoms with Crippen molar-refractivity contribution in [2.24, 2.45) is 0 Å². The van der Waals surface area contributed by atoms with Gasteiger partial charge in [-0.25, -0.2) is 0 Å². The van der Waals surface area contributed by atoms with Crippen LogP contribution >= 0.6 is 0 Å². The van der Waals surface area contributed by atoms with Crippen molar-refractivity contribution in [3.05, 3.63) is 5.89 Å². The number of aromatic nitrogens is 2. The summed E-state index contributed by atoms with van der Waals surface area (Å²) in [6.07, 6.45) is 6.76. The molecular weight excluding hydrogens is 230 g/mol. The first-order valence-electron chi connectivity index (χ1n) is 6.93. The first-order valence-corrected chi connectivity index (χ1v) is 6.93. The molecule has 3 rings (SSSR count). The number of piperidine rings is 1. The van der Waals surface area contributed by atoms with Crippen LogP contribution in [0.5, 0.6) is 0 Å². The van der Waals surface area contributed by atoms with Gasteiger partial charge in [0, 0.05) is 31.8 Å². The monoisotopic (exact) mass is 249 g/mol. The third kappa shape index (κ3) is 2.40. The SMILES string of the molecule is O=C1CCC(c2nc(N3CCCCC3)no2)CC1. The molecule has 18 heavy (non-hydrogen) atoms.